The van der Waals surface area contributed by atoms with E-state index in [0.717, 1.165) is 12.8 Å². The summed E-state index contributed by atoms with van der Waals surface area (Å²) in [7, 11) is 0. The van der Waals surface area contributed by atoms with Crippen molar-refractivity contribution in [3.05, 3.63) is 0 Å². The zero-order valence-electron chi connectivity index (χ0n) is 9.61. The zero-order valence-corrected chi connectivity index (χ0v) is 11.9. The molecule has 0 heterocycles. The molecule has 0 aromatic heterocycles. The van der Waals surface area contributed by atoms with Crippen LogP contribution in [0.2, 0.25) is 0 Å². The molecule has 0 saturated heterocycles. The topological polar surface area (TPSA) is 26.3 Å². The van der Waals surface area contributed by atoms with Gasteiger partial charge in [-0.3, -0.25) is 4.79 Å². The van der Waals surface area contributed by atoms with Gasteiger partial charge >= 0.3 is 5.97 Å². The van der Waals surface area contributed by atoms with E-state index in [1.54, 1.807) is 0 Å². The molecule has 0 aliphatic heterocycles. The molecule has 96 valence electrons. The van der Waals surface area contributed by atoms with Crippen LogP contribution >= 0.6 is 34.8 Å². The molecule has 0 radical (unpaired) electrons. The van der Waals surface area contributed by atoms with Crippen molar-refractivity contribution < 1.29 is 9.53 Å². The molecule has 5 heteroatoms. The minimum Gasteiger partial charge on any atom is -0.461 e. The summed E-state index contributed by atoms with van der Waals surface area (Å²) in [6.07, 6.45) is 7.21. The third kappa shape index (κ3) is 12.4. The SMILES string of the molecule is CCCCCCCCC(=O)OCC(Cl)(Cl)Cl. The highest BCUT2D eigenvalue weighted by atomic mass is 35.6. The largest absolute Gasteiger partial charge is 0.461 e. The summed E-state index contributed by atoms with van der Waals surface area (Å²) < 4.78 is 3.30. The average Bonchev–Trinajstić information content (AvgIpc) is 2.19. The Morgan fingerprint density at radius 3 is 2.19 bits per heavy atom. The molecule has 0 rings (SSSR count). The molecule has 0 aromatic rings. The molecule has 2 nitrogen and oxygen atoms in total. The van der Waals surface area contributed by atoms with Crippen molar-refractivity contribution in [2.24, 2.45) is 0 Å². The smallest absolute Gasteiger partial charge is 0.305 e. The van der Waals surface area contributed by atoms with Gasteiger partial charge in [-0.15, -0.1) is 0 Å². The van der Waals surface area contributed by atoms with E-state index in [9.17, 15) is 4.79 Å². The van der Waals surface area contributed by atoms with Crippen LogP contribution in [-0.2, 0) is 9.53 Å². The standard InChI is InChI=1S/C11H19Cl3O2/c1-2-3-4-5-6-7-8-10(15)16-9-11(12,13)14/h2-9H2,1H3. The van der Waals surface area contributed by atoms with Crippen LogP contribution in [0.3, 0.4) is 0 Å². The third-order valence-corrected chi connectivity index (χ3v) is 2.46. The normalized spacial score (nSPS) is 11.5. The first-order chi connectivity index (χ1) is 7.45. The van der Waals surface area contributed by atoms with E-state index in [2.05, 4.69) is 6.92 Å². The molecule has 16 heavy (non-hydrogen) atoms. The van der Waals surface area contributed by atoms with Crippen LogP contribution in [-0.4, -0.2) is 16.4 Å². The van der Waals surface area contributed by atoms with Gasteiger partial charge in [-0.2, -0.15) is 0 Å². The minimum atomic E-state index is -1.50. The van der Waals surface area contributed by atoms with E-state index in [0.29, 0.717) is 6.42 Å². The molecule has 0 saturated carbocycles. The van der Waals surface area contributed by atoms with Gasteiger partial charge in [0.1, 0.15) is 6.61 Å². The molecule has 0 amide bonds. The average molecular weight is 290 g/mol. The Balaban J connectivity index is 3.31. The first-order valence-corrected chi connectivity index (χ1v) is 6.81. The highest BCUT2D eigenvalue weighted by molar-refractivity contribution is 6.67. The van der Waals surface area contributed by atoms with Gasteiger partial charge in [0, 0.05) is 6.42 Å². The molecule has 0 fully saturated rings. The Kier molecular flexibility index (Phi) is 9.58. The summed E-state index contributed by atoms with van der Waals surface area (Å²) in [4.78, 5) is 11.2. The van der Waals surface area contributed by atoms with E-state index >= 15 is 0 Å². The third-order valence-electron chi connectivity index (χ3n) is 2.13. The Morgan fingerprint density at radius 2 is 1.62 bits per heavy atom. The highest BCUT2D eigenvalue weighted by Crippen LogP contribution is 2.26. The van der Waals surface area contributed by atoms with Gasteiger partial charge in [0.2, 0.25) is 3.79 Å². The van der Waals surface area contributed by atoms with E-state index in [-0.39, 0.29) is 12.6 Å². The number of unbranched alkanes of at least 4 members (excludes halogenated alkanes) is 5. The summed E-state index contributed by atoms with van der Waals surface area (Å²) >= 11 is 16.3. The van der Waals surface area contributed by atoms with E-state index in [1.165, 1.54) is 25.7 Å². The van der Waals surface area contributed by atoms with Crippen molar-refractivity contribution in [1.82, 2.24) is 0 Å². The lowest BCUT2D eigenvalue weighted by atomic mass is 10.1. The maximum Gasteiger partial charge on any atom is 0.305 e. The first-order valence-electron chi connectivity index (χ1n) is 5.68. The number of esters is 1. The van der Waals surface area contributed by atoms with Crippen LogP contribution in [0.5, 0.6) is 0 Å². The van der Waals surface area contributed by atoms with Crippen LogP contribution < -0.4 is 0 Å². The molecule has 0 aromatic carbocycles. The van der Waals surface area contributed by atoms with Crippen LogP contribution in [0, 0.1) is 0 Å². The van der Waals surface area contributed by atoms with Gasteiger partial charge in [0.25, 0.3) is 0 Å². The number of rotatable bonds is 8. The predicted molar refractivity (Wildman–Crippen MR) is 69.2 cm³/mol. The molecule has 0 bridgehead atoms. The zero-order chi connectivity index (χ0) is 12.4. The molecular weight excluding hydrogens is 270 g/mol. The summed E-state index contributed by atoms with van der Waals surface area (Å²) in [5, 5.41) is 0. The molecular formula is C11H19Cl3O2. The van der Waals surface area contributed by atoms with E-state index < -0.39 is 3.79 Å². The molecule has 0 spiro atoms. The summed E-state index contributed by atoms with van der Waals surface area (Å²) in [5.41, 5.74) is 0. The van der Waals surface area contributed by atoms with Crippen LogP contribution in [0.4, 0.5) is 0 Å². The molecule has 0 aliphatic rings. The Bertz CT molecular complexity index is 190. The lowest BCUT2D eigenvalue weighted by Crippen LogP contribution is -2.17. The van der Waals surface area contributed by atoms with Gasteiger partial charge in [0.15, 0.2) is 0 Å². The van der Waals surface area contributed by atoms with Crippen molar-refractivity contribution in [3.8, 4) is 0 Å². The second-order valence-electron chi connectivity index (χ2n) is 3.79. The first kappa shape index (κ1) is 16.3. The number of ether oxygens (including phenoxy) is 1. The monoisotopic (exact) mass is 288 g/mol. The maximum atomic E-state index is 11.2. The number of halogens is 3. The summed E-state index contributed by atoms with van der Waals surface area (Å²) in [6.45, 7) is 2.00. The van der Waals surface area contributed by atoms with Crippen LogP contribution in [0.15, 0.2) is 0 Å². The quantitative estimate of drug-likeness (QED) is 0.369. The fraction of sp³-hybridized carbons (Fsp3) is 0.909. The highest BCUT2D eigenvalue weighted by Gasteiger charge is 2.21. The number of alkyl halides is 3. The predicted octanol–water partition coefficient (Wildman–Crippen LogP) is 4.65. The number of hydrogen-bond acceptors (Lipinski definition) is 2. The number of carbonyl (C=O) groups excluding carboxylic acids is 1. The van der Waals surface area contributed by atoms with Crippen molar-refractivity contribution in [2.45, 2.75) is 55.7 Å². The van der Waals surface area contributed by atoms with E-state index in [4.69, 9.17) is 39.5 Å². The van der Waals surface area contributed by atoms with Gasteiger partial charge in [0.05, 0.1) is 0 Å². The molecule has 0 atom stereocenters. The van der Waals surface area contributed by atoms with Crippen LogP contribution in [0.25, 0.3) is 0 Å². The van der Waals surface area contributed by atoms with Crippen molar-refractivity contribution >= 4 is 40.8 Å². The van der Waals surface area contributed by atoms with E-state index in [1.807, 2.05) is 0 Å². The molecule has 0 aliphatic carbocycles. The second-order valence-corrected chi connectivity index (χ2v) is 6.31. The fourth-order valence-electron chi connectivity index (χ4n) is 1.28. The number of carbonyl (C=O) groups is 1. The fourth-order valence-corrected chi connectivity index (χ4v) is 1.45. The summed E-state index contributed by atoms with van der Waals surface area (Å²) in [6, 6.07) is 0. The lowest BCUT2D eigenvalue weighted by Gasteiger charge is -2.10. The van der Waals surface area contributed by atoms with Gasteiger partial charge < -0.3 is 4.74 Å². The van der Waals surface area contributed by atoms with Crippen molar-refractivity contribution in [3.63, 3.8) is 0 Å². The molecule has 0 N–H and O–H groups in total. The van der Waals surface area contributed by atoms with Gasteiger partial charge in [-0.25, -0.2) is 0 Å². The Morgan fingerprint density at radius 1 is 1.06 bits per heavy atom. The molecule has 0 unspecified atom stereocenters. The van der Waals surface area contributed by atoms with Crippen molar-refractivity contribution in [2.75, 3.05) is 6.61 Å². The summed E-state index contributed by atoms with van der Waals surface area (Å²) in [5.74, 6) is -0.290. The van der Waals surface area contributed by atoms with Gasteiger partial charge in [-0.1, -0.05) is 73.8 Å². The maximum absolute atomic E-state index is 11.2. The second kappa shape index (κ2) is 9.38. The number of hydrogen-bond donors (Lipinski definition) is 0. The Hall–Kier alpha value is 0.340. The van der Waals surface area contributed by atoms with Crippen molar-refractivity contribution in [1.29, 1.82) is 0 Å². The minimum absolute atomic E-state index is 0.174. The van der Waals surface area contributed by atoms with Crippen LogP contribution in [0.1, 0.15) is 51.9 Å². The lowest BCUT2D eigenvalue weighted by molar-refractivity contribution is -0.143. The Labute approximate surface area is 113 Å². The van der Waals surface area contributed by atoms with Gasteiger partial charge in [-0.05, 0) is 6.42 Å².